The van der Waals surface area contributed by atoms with Crippen molar-refractivity contribution >= 4 is 49.4 Å². The van der Waals surface area contributed by atoms with E-state index in [4.69, 9.17) is 9.47 Å². The summed E-state index contributed by atoms with van der Waals surface area (Å²) in [7, 11) is 3.16. The number of aromatic nitrogens is 4. The Morgan fingerprint density at radius 2 is 1.93 bits per heavy atom. The van der Waals surface area contributed by atoms with Gasteiger partial charge in [0.15, 0.2) is 6.10 Å². The molecule has 0 spiro atoms. The van der Waals surface area contributed by atoms with Gasteiger partial charge >= 0.3 is 5.97 Å². The number of esters is 1. The number of methoxy groups -OCH3 is 1. The largest absolute Gasteiger partial charge is 0.467 e. The summed E-state index contributed by atoms with van der Waals surface area (Å²) >= 11 is 3.63. The van der Waals surface area contributed by atoms with Crippen LogP contribution in [0.4, 0.5) is 5.69 Å². The van der Waals surface area contributed by atoms with Gasteiger partial charge in [-0.2, -0.15) is 5.10 Å². The molecule has 0 amide bonds. The first kappa shape index (κ1) is 27.5. The summed E-state index contributed by atoms with van der Waals surface area (Å²) in [5, 5.41) is 18.2. The SMILES string of the molecule is COC(=O)[C@@H](OC(C)(C)C)c1c(C)c([N+](=O)[O-])c2[nH]c(-c3ccnc(-c4ccc5c(cnn5C)c4)c3)cc2c1Br. The van der Waals surface area contributed by atoms with Crippen molar-refractivity contribution < 1.29 is 19.2 Å². The van der Waals surface area contributed by atoms with E-state index in [0.717, 1.165) is 27.7 Å². The summed E-state index contributed by atoms with van der Waals surface area (Å²) in [5.74, 6) is -0.646. The Morgan fingerprint density at radius 3 is 2.60 bits per heavy atom. The average Bonchev–Trinajstić information content (AvgIpc) is 3.51. The van der Waals surface area contributed by atoms with E-state index < -0.39 is 22.6 Å². The highest BCUT2D eigenvalue weighted by Gasteiger charge is 2.36. The van der Waals surface area contributed by atoms with Crippen molar-refractivity contribution in [1.82, 2.24) is 19.7 Å². The molecule has 3 aromatic heterocycles. The number of nitro benzene ring substituents is 1. The number of aryl methyl sites for hydroxylation is 1. The van der Waals surface area contributed by atoms with E-state index in [1.54, 1.807) is 33.9 Å². The van der Waals surface area contributed by atoms with Gasteiger partial charge in [-0.25, -0.2) is 4.79 Å². The van der Waals surface area contributed by atoms with Crippen LogP contribution in [-0.2, 0) is 21.3 Å². The highest BCUT2D eigenvalue weighted by Crippen LogP contribution is 2.44. The number of nitrogens with one attached hydrogen (secondary N) is 1. The smallest absolute Gasteiger partial charge is 0.339 e. The van der Waals surface area contributed by atoms with E-state index in [-0.39, 0.29) is 5.69 Å². The average molecular weight is 606 g/mol. The zero-order chi connectivity index (χ0) is 28.9. The standard InChI is InChI=1S/C29H28BrN5O5/c1-15-23(27(28(36)39-6)40-29(2,3)4)24(30)19-13-21(33-25(19)26(15)35(37)38)17-9-10-31-20(12-17)16-7-8-22-18(11-16)14-32-34(22)5/h7-14,27,33H,1-6H3/t27-/m0/s1. The molecule has 1 N–H and O–H groups in total. The van der Waals surface area contributed by atoms with Crippen molar-refractivity contribution in [1.29, 1.82) is 0 Å². The molecule has 5 aromatic rings. The van der Waals surface area contributed by atoms with Gasteiger partial charge in [0.2, 0.25) is 0 Å². The van der Waals surface area contributed by atoms with Gasteiger partial charge in [-0.15, -0.1) is 0 Å². The first-order chi connectivity index (χ1) is 18.9. The van der Waals surface area contributed by atoms with Crippen LogP contribution in [0.3, 0.4) is 0 Å². The lowest BCUT2D eigenvalue weighted by Gasteiger charge is -2.27. The summed E-state index contributed by atoms with van der Waals surface area (Å²) < 4.78 is 13.4. The fourth-order valence-corrected chi connectivity index (χ4v) is 5.72. The Balaban J connectivity index is 1.67. The molecule has 0 fully saturated rings. The van der Waals surface area contributed by atoms with Gasteiger partial charge in [-0.1, -0.05) is 6.07 Å². The molecule has 1 atom stereocenters. The van der Waals surface area contributed by atoms with E-state index in [1.807, 2.05) is 54.3 Å². The van der Waals surface area contributed by atoms with E-state index in [2.05, 4.69) is 31.0 Å². The summed E-state index contributed by atoms with van der Waals surface area (Å²) in [5.41, 5.74) is 4.27. The Hall–Kier alpha value is -4.09. The monoisotopic (exact) mass is 605 g/mol. The minimum atomic E-state index is -1.17. The Morgan fingerprint density at radius 1 is 1.18 bits per heavy atom. The summed E-state index contributed by atoms with van der Waals surface area (Å²) in [6.45, 7) is 7.03. The molecule has 0 aliphatic carbocycles. The number of hydrogen-bond acceptors (Lipinski definition) is 7. The van der Waals surface area contributed by atoms with Gasteiger partial charge in [-0.3, -0.25) is 19.8 Å². The molecule has 11 heteroatoms. The van der Waals surface area contributed by atoms with E-state index in [1.165, 1.54) is 7.11 Å². The van der Waals surface area contributed by atoms with Crippen molar-refractivity contribution in [3.05, 3.63) is 74.5 Å². The number of hydrogen-bond donors (Lipinski definition) is 1. The Kier molecular flexibility index (Phi) is 6.97. The third-order valence-corrected chi connectivity index (χ3v) is 7.59. The van der Waals surface area contributed by atoms with Crippen molar-refractivity contribution in [3.63, 3.8) is 0 Å². The molecule has 0 aliphatic heterocycles. The quantitative estimate of drug-likeness (QED) is 0.128. The van der Waals surface area contributed by atoms with Crippen molar-refractivity contribution in [2.45, 2.75) is 39.4 Å². The van der Waals surface area contributed by atoms with Gasteiger partial charge in [-0.05, 0) is 74.0 Å². The summed E-state index contributed by atoms with van der Waals surface area (Å²) in [6, 6.07) is 11.6. The van der Waals surface area contributed by atoms with Gasteiger partial charge < -0.3 is 14.5 Å². The molecular formula is C29H28BrN5O5. The lowest BCUT2D eigenvalue weighted by Crippen LogP contribution is -2.29. The molecule has 0 unspecified atom stereocenters. The van der Waals surface area contributed by atoms with Crippen LogP contribution < -0.4 is 0 Å². The second kappa shape index (κ2) is 10.1. The third-order valence-electron chi connectivity index (χ3n) is 6.73. The maximum absolute atomic E-state index is 12.8. The molecule has 0 saturated carbocycles. The first-order valence-electron chi connectivity index (χ1n) is 12.5. The number of nitro groups is 1. The lowest BCUT2D eigenvalue weighted by atomic mass is 9.98. The fraction of sp³-hybridized carbons (Fsp3) is 0.276. The minimum Gasteiger partial charge on any atom is -0.467 e. The Bertz CT molecular complexity index is 1800. The van der Waals surface area contributed by atoms with E-state index in [0.29, 0.717) is 32.2 Å². The van der Waals surface area contributed by atoms with Crippen LogP contribution in [0, 0.1) is 17.0 Å². The van der Waals surface area contributed by atoms with Crippen LogP contribution in [0.25, 0.3) is 44.3 Å². The number of carbonyl (C=O) groups excluding carboxylic acids is 1. The molecule has 5 rings (SSSR count). The normalized spacial score (nSPS) is 12.7. The van der Waals surface area contributed by atoms with Crippen molar-refractivity contribution in [2.24, 2.45) is 7.05 Å². The molecule has 2 aromatic carbocycles. The number of ether oxygens (including phenoxy) is 2. The van der Waals surface area contributed by atoms with Crippen LogP contribution in [0.5, 0.6) is 0 Å². The predicted molar refractivity (Wildman–Crippen MR) is 156 cm³/mol. The predicted octanol–water partition coefficient (Wildman–Crippen LogP) is 6.79. The molecule has 0 radical (unpaired) electrons. The number of rotatable bonds is 6. The van der Waals surface area contributed by atoms with Crippen LogP contribution >= 0.6 is 15.9 Å². The number of halogens is 1. The third kappa shape index (κ3) is 4.86. The van der Waals surface area contributed by atoms with E-state index in [9.17, 15) is 14.9 Å². The number of H-pyrrole nitrogens is 1. The van der Waals surface area contributed by atoms with Crippen LogP contribution in [0.15, 0.2) is 53.3 Å². The highest BCUT2D eigenvalue weighted by atomic mass is 79.9. The molecule has 40 heavy (non-hydrogen) atoms. The van der Waals surface area contributed by atoms with Crippen LogP contribution in [-0.4, -0.2) is 43.4 Å². The zero-order valence-electron chi connectivity index (χ0n) is 22.9. The topological polar surface area (TPSA) is 125 Å². The number of aromatic amines is 1. The molecular weight excluding hydrogens is 578 g/mol. The van der Waals surface area contributed by atoms with Crippen LogP contribution in [0.2, 0.25) is 0 Å². The number of carbonyl (C=O) groups is 1. The zero-order valence-corrected chi connectivity index (χ0v) is 24.5. The number of nitrogens with zero attached hydrogens (tertiary/aromatic N) is 4. The summed E-state index contributed by atoms with van der Waals surface area (Å²) in [4.78, 5) is 32.5. The second-order valence-corrected chi connectivity index (χ2v) is 11.3. The van der Waals surface area contributed by atoms with Gasteiger partial charge in [0.05, 0.1) is 35.0 Å². The number of benzene rings is 2. The Labute approximate surface area is 238 Å². The maximum Gasteiger partial charge on any atom is 0.339 e. The van der Waals surface area contributed by atoms with Crippen molar-refractivity contribution in [3.8, 4) is 22.5 Å². The molecule has 3 heterocycles. The van der Waals surface area contributed by atoms with Gasteiger partial charge in [0.25, 0.3) is 5.69 Å². The molecule has 10 nitrogen and oxygen atoms in total. The number of fused-ring (bicyclic) bond motifs is 2. The molecule has 206 valence electrons. The molecule has 0 aliphatic rings. The maximum atomic E-state index is 12.8. The molecule has 0 saturated heterocycles. The van der Waals surface area contributed by atoms with Gasteiger partial charge in [0.1, 0.15) is 5.52 Å². The van der Waals surface area contributed by atoms with Crippen molar-refractivity contribution in [2.75, 3.05) is 7.11 Å². The van der Waals surface area contributed by atoms with Crippen LogP contribution in [0.1, 0.15) is 38.0 Å². The number of pyridine rings is 1. The highest BCUT2D eigenvalue weighted by molar-refractivity contribution is 9.10. The first-order valence-corrected chi connectivity index (χ1v) is 13.3. The van der Waals surface area contributed by atoms with E-state index >= 15 is 0 Å². The second-order valence-electron chi connectivity index (χ2n) is 10.5. The molecule has 0 bridgehead atoms. The minimum absolute atomic E-state index is 0.137. The fourth-order valence-electron chi connectivity index (χ4n) is 4.90. The lowest BCUT2D eigenvalue weighted by molar-refractivity contribution is -0.383. The summed E-state index contributed by atoms with van der Waals surface area (Å²) in [6.07, 6.45) is 2.34. The van der Waals surface area contributed by atoms with Gasteiger partial charge in [0, 0.05) is 56.4 Å².